The van der Waals surface area contributed by atoms with Crippen molar-refractivity contribution >= 4 is 12.1 Å². The number of aryl methyl sites for hydroxylation is 1. The van der Waals surface area contributed by atoms with Crippen molar-refractivity contribution in [1.29, 1.82) is 0 Å². The quantitative estimate of drug-likeness (QED) is 0.494. The molecule has 1 N–H and O–H groups in total. The predicted octanol–water partition coefficient (Wildman–Crippen LogP) is 4.35. The zero-order valence-electron chi connectivity index (χ0n) is 15.9. The minimum absolute atomic E-state index is 0.276. The van der Waals surface area contributed by atoms with Crippen LogP contribution in [0.4, 0.5) is 0 Å². The van der Waals surface area contributed by atoms with Gasteiger partial charge in [0, 0.05) is 11.1 Å². The largest absolute Gasteiger partial charge is 0.493 e. The van der Waals surface area contributed by atoms with Crippen LogP contribution >= 0.6 is 0 Å². The Morgan fingerprint density at radius 2 is 1.82 bits per heavy atom. The molecule has 0 aromatic heterocycles. The Balaban J connectivity index is 1.74. The Labute approximate surface area is 164 Å². The second-order valence-corrected chi connectivity index (χ2v) is 6.22. The summed E-state index contributed by atoms with van der Waals surface area (Å²) in [5, 5.41) is 4.06. The fourth-order valence-corrected chi connectivity index (χ4v) is 2.72. The molecule has 142 valence electrons. The minimum Gasteiger partial charge on any atom is -0.493 e. The summed E-state index contributed by atoms with van der Waals surface area (Å²) in [7, 11) is 1.59. The standard InChI is InChI=1S/C23H22N2O3/c1-17-8-6-9-18(14-17)16-28-22-20(12-7-13-21(22)27-2)15-24-25-23(26)19-10-4-3-5-11-19/h3-15H,16H2,1-2H3,(H,25,26)/b24-15+. The molecule has 5 nitrogen and oxygen atoms in total. The first kappa shape index (κ1) is 19.2. The lowest BCUT2D eigenvalue weighted by molar-refractivity contribution is 0.0955. The van der Waals surface area contributed by atoms with Gasteiger partial charge in [-0.3, -0.25) is 4.79 Å². The van der Waals surface area contributed by atoms with Gasteiger partial charge in [0.1, 0.15) is 6.61 Å². The number of hydrazone groups is 1. The maximum Gasteiger partial charge on any atom is 0.271 e. The lowest BCUT2D eigenvalue weighted by atomic mass is 10.1. The number of nitrogens with zero attached hydrogens (tertiary/aromatic N) is 1. The molecule has 0 atom stereocenters. The molecule has 0 bridgehead atoms. The monoisotopic (exact) mass is 374 g/mol. The van der Waals surface area contributed by atoms with Crippen LogP contribution < -0.4 is 14.9 Å². The van der Waals surface area contributed by atoms with Gasteiger partial charge >= 0.3 is 0 Å². The number of rotatable bonds is 7. The molecule has 1 amide bonds. The molecular weight excluding hydrogens is 352 g/mol. The number of nitrogens with one attached hydrogen (secondary N) is 1. The first-order valence-corrected chi connectivity index (χ1v) is 8.91. The lowest BCUT2D eigenvalue weighted by Crippen LogP contribution is -2.17. The lowest BCUT2D eigenvalue weighted by Gasteiger charge is -2.13. The Hall–Kier alpha value is -3.60. The molecule has 5 heteroatoms. The summed E-state index contributed by atoms with van der Waals surface area (Å²) in [4.78, 5) is 12.1. The van der Waals surface area contributed by atoms with Gasteiger partial charge in [0.15, 0.2) is 11.5 Å². The van der Waals surface area contributed by atoms with Gasteiger partial charge in [-0.1, -0.05) is 54.1 Å². The second-order valence-electron chi connectivity index (χ2n) is 6.22. The fraction of sp³-hybridized carbons (Fsp3) is 0.130. The van der Waals surface area contributed by atoms with E-state index >= 15 is 0 Å². The van der Waals surface area contributed by atoms with Crippen molar-refractivity contribution < 1.29 is 14.3 Å². The summed E-state index contributed by atoms with van der Waals surface area (Å²) in [6.45, 7) is 2.44. The molecule has 0 fully saturated rings. The number of hydrogen-bond acceptors (Lipinski definition) is 4. The van der Waals surface area contributed by atoms with E-state index in [-0.39, 0.29) is 5.91 Å². The van der Waals surface area contributed by atoms with Crippen LogP contribution in [-0.2, 0) is 6.61 Å². The summed E-state index contributed by atoms with van der Waals surface area (Å²) >= 11 is 0. The molecule has 0 radical (unpaired) electrons. The van der Waals surface area contributed by atoms with Crippen molar-refractivity contribution in [2.24, 2.45) is 5.10 Å². The summed E-state index contributed by atoms with van der Waals surface area (Å²) in [5.41, 5.74) is 6.01. The summed E-state index contributed by atoms with van der Waals surface area (Å²) in [6, 6.07) is 22.6. The van der Waals surface area contributed by atoms with Crippen molar-refractivity contribution in [3.63, 3.8) is 0 Å². The van der Waals surface area contributed by atoms with Crippen molar-refractivity contribution in [3.8, 4) is 11.5 Å². The molecule has 3 aromatic rings. The third-order valence-corrected chi connectivity index (χ3v) is 4.10. The molecule has 3 aromatic carbocycles. The van der Waals surface area contributed by atoms with E-state index in [4.69, 9.17) is 9.47 Å². The molecule has 0 saturated carbocycles. The number of benzene rings is 3. The van der Waals surface area contributed by atoms with E-state index in [1.165, 1.54) is 5.56 Å². The van der Waals surface area contributed by atoms with E-state index < -0.39 is 0 Å². The molecule has 0 aliphatic carbocycles. The SMILES string of the molecule is COc1cccc(/C=N/NC(=O)c2ccccc2)c1OCc1cccc(C)c1. The molecule has 0 heterocycles. The normalized spacial score (nSPS) is 10.6. The highest BCUT2D eigenvalue weighted by Crippen LogP contribution is 2.30. The first-order valence-electron chi connectivity index (χ1n) is 8.91. The topological polar surface area (TPSA) is 59.9 Å². The summed E-state index contributed by atoms with van der Waals surface area (Å²) in [5.74, 6) is 0.900. The average Bonchev–Trinajstić information content (AvgIpc) is 2.73. The number of ether oxygens (including phenoxy) is 2. The third kappa shape index (κ3) is 4.98. The van der Waals surface area contributed by atoms with Gasteiger partial charge in [-0.05, 0) is 36.8 Å². The molecule has 0 spiro atoms. The molecule has 0 unspecified atom stereocenters. The van der Waals surface area contributed by atoms with Crippen LogP contribution in [0.1, 0.15) is 27.0 Å². The Morgan fingerprint density at radius 1 is 1.04 bits per heavy atom. The molecule has 0 saturated heterocycles. The number of hydrogen-bond donors (Lipinski definition) is 1. The summed E-state index contributed by atoms with van der Waals surface area (Å²) in [6.07, 6.45) is 1.55. The number of methoxy groups -OCH3 is 1. The zero-order valence-corrected chi connectivity index (χ0v) is 15.9. The van der Waals surface area contributed by atoms with Gasteiger partial charge in [-0.25, -0.2) is 5.43 Å². The van der Waals surface area contributed by atoms with Crippen molar-refractivity contribution in [1.82, 2.24) is 5.43 Å². The van der Waals surface area contributed by atoms with Crippen LogP contribution in [0.2, 0.25) is 0 Å². The van der Waals surface area contributed by atoms with Gasteiger partial charge in [-0.15, -0.1) is 0 Å². The van der Waals surface area contributed by atoms with Crippen LogP contribution in [0.15, 0.2) is 77.9 Å². The van der Waals surface area contributed by atoms with Crippen LogP contribution in [0.25, 0.3) is 0 Å². The Morgan fingerprint density at radius 3 is 2.57 bits per heavy atom. The van der Waals surface area contributed by atoms with Gasteiger partial charge < -0.3 is 9.47 Å². The molecule has 0 aliphatic rings. The second kappa shape index (κ2) is 9.37. The van der Waals surface area contributed by atoms with E-state index in [1.807, 2.05) is 49.4 Å². The van der Waals surface area contributed by atoms with Crippen molar-refractivity contribution in [3.05, 3.63) is 95.1 Å². The molecule has 0 aliphatic heterocycles. The van der Waals surface area contributed by atoms with Crippen molar-refractivity contribution in [2.45, 2.75) is 13.5 Å². The summed E-state index contributed by atoms with van der Waals surface area (Å²) < 4.78 is 11.4. The smallest absolute Gasteiger partial charge is 0.271 e. The third-order valence-electron chi connectivity index (χ3n) is 4.10. The van der Waals surface area contributed by atoms with Crippen LogP contribution in [0.3, 0.4) is 0 Å². The highest BCUT2D eigenvalue weighted by molar-refractivity contribution is 5.95. The Kier molecular flexibility index (Phi) is 6.41. The van der Waals surface area contributed by atoms with Gasteiger partial charge in [-0.2, -0.15) is 5.10 Å². The van der Waals surface area contributed by atoms with Gasteiger partial charge in [0.05, 0.1) is 13.3 Å². The van der Waals surface area contributed by atoms with Gasteiger partial charge in [0.2, 0.25) is 0 Å². The average molecular weight is 374 g/mol. The molecule has 28 heavy (non-hydrogen) atoms. The molecule has 3 rings (SSSR count). The highest BCUT2D eigenvalue weighted by Gasteiger charge is 2.10. The van der Waals surface area contributed by atoms with E-state index in [9.17, 15) is 4.79 Å². The maximum absolute atomic E-state index is 12.1. The van der Waals surface area contributed by atoms with Crippen LogP contribution in [0, 0.1) is 6.92 Å². The van der Waals surface area contributed by atoms with E-state index in [0.29, 0.717) is 29.2 Å². The maximum atomic E-state index is 12.1. The van der Waals surface area contributed by atoms with Crippen LogP contribution in [0.5, 0.6) is 11.5 Å². The fourth-order valence-electron chi connectivity index (χ4n) is 2.72. The number of carbonyl (C=O) groups is 1. The minimum atomic E-state index is -0.276. The predicted molar refractivity (Wildman–Crippen MR) is 110 cm³/mol. The van der Waals surface area contributed by atoms with E-state index in [1.54, 1.807) is 37.6 Å². The van der Waals surface area contributed by atoms with Crippen LogP contribution in [-0.4, -0.2) is 19.2 Å². The number of para-hydroxylation sites is 1. The number of amides is 1. The zero-order chi connectivity index (χ0) is 19.8. The van der Waals surface area contributed by atoms with E-state index in [2.05, 4.69) is 16.6 Å². The number of carbonyl (C=O) groups excluding carboxylic acids is 1. The van der Waals surface area contributed by atoms with Crippen molar-refractivity contribution in [2.75, 3.05) is 7.11 Å². The molecular formula is C23H22N2O3. The Bertz CT molecular complexity index is 969. The highest BCUT2D eigenvalue weighted by atomic mass is 16.5. The first-order chi connectivity index (χ1) is 13.7. The van der Waals surface area contributed by atoms with Gasteiger partial charge in [0.25, 0.3) is 5.91 Å². The van der Waals surface area contributed by atoms with E-state index in [0.717, 1.165) is 5.56 Å².